The van der Waals surface area contributed by atoms with Gasteiger partial charge in [-0.3, -0.25) is 14.8 Å². The zero-order valence-electron chi connectivity index (χ0n) is 12.5. The molecule has 0 aromatic carbocycles. The van der Waals surface area contributed by atoms with Gasteiger partial charge in [-0.25, -0.2) is 4.79 Å². The van der Waals surface area contributed by atoms with Crippen LogP contribution in [0.5, 0.6) is 0 Å². The van der Waals surface area contributed by atoms with Gasteiger partial charge in [0.15, 0.2) is 0 Å². The summed E-state index contributed by atoms with van der Waals surface area (Å²) in [7, 11) is 0. The van der Waals surface area contributed by atoms with E-state index < -0.39 is 11.2 Å². The Morgan fingerprint density at radius 3 is 2.30 bits per heavy atom. The van der Waals surface area contributed by atoms with Crippen LogP contribution in [0.1, 0.15) is 33.3 Å². The van der Waals surface area contributed by atoms with Gasteiger partial charge in [0.1, 0.15) is 0 Å². The molecule has 1 rings (SSSR count). The Labute approximate surface area is 118 Å². The first-order valence-corrected chi connectivity index (χ1v) is 6.38. The van der Waals surface area contributed by atoms with Crippen molar-refractivity contribution in [1.29, 1.82) is 0 Å². The summed E-state index contributed by atoms with van der Waals surface area (Å²) in [6.45, 7) is 14.8. The molecule has 112 valence electrons. The molecule has 0 fully saturated rings. The van der Waals surface area contributed by atoms with Gasteiger partial charge in [-0.05, 0) is 5.57 Å². The summed E-state index contributed by atoms with van der Waals surface area (Å²) < 4.78 is 0. The van der Waals surface area contributed by atoms with E-state index in [0.717, 1.165) is 0 Å². The van der Waals surface area contributed by atoms with Gasteiger partial charge in [0.25, 0.3) is 5.56 Å². The number of aliphatic hydroxyl groups excluding tert-OH is 1. The molecule has 0 atom stereocenters. The minimum Gasteiger partial charge on any atom is -0.392 e. The van der Waals surface area contributed by atoms with Gasteiger partial charge in [0.05, 0.1) is 17.9 Å². The van der Waals surface area contributed by atoms with E-state index in [9.17, 15) is 9.59 Å². The molecule has 0 bridgehead atoms. The predicted molar refractivity (Wildman–Crippen MR) is 84.1 cm³/mol. The molecule has 6 heteroatoms. The van der Waals surface area contributed by atoms with Gasteiger partial charge < -0.3 is 10.1 Å². The van der Waals surface area contributed by atoms with Gasteiger partial charge in [-0.1, -0.05) is 40.9 Å². The minimum atomic E-state index is -0.592. The molecule has 6 nitrogen and oxygen atoms in total. The second kappa shape index (κ2) is 11.9. The normalized spacial score (nSPS) is 9.05. The van der Waals surface area contributed by atoms with Crippen LogP contribution in [0.4, 0.5) is 0 Å². The van der Waals surface area contributed by atoms with Crippen molar-refractivity contribution in [2.24, 2.45) is 4.99 Å². The van der Waals surface area contributed by atoms with Crippen molar-refractivity contribution in [2.45, 2.75) is 27.7 Å². The summed E-state index contributed by atoms with van der Waals surface area (Å²) in [5.74, 6) is 0. The van der Waals surface area contributed by atoms with E-state index >= 15 is 0 Å². The lowest BCUT2D eigenvalue weighted by molar-refractivity contribution is 0.338. The van der Waals surface area contributed by atoms with Crippen LogP contribution in [-0.2, 0) is 0 Å². The Bertz CT molecular complexity index is 553. The monoisotopic (exact) mass is 281 g/mol. The molecule has 0 saturated heterocycles. The number of rotatable bonds is 4. The maximum Gasteiger partial charge on any atom is 0.325 e. The summed E-state index contributed by atoms with van der Waals surface area (Å²) in [5, 5.41) is 8.67. The summed E-state index contributed by atoms with van der Waals surface area (Å²) in [4.78, 5) is 30.3. The van der Waals surface area contributed by atoms with Crippen molar-refractivity contribution >= 4 is 11.9 Å². The molecular weight excluding hydrogens is 258 g/mol. The van der Waals surface area contributed by atoms with Crippen LogP contribution < -0.4 is 11.2 Å². The van der Waals surface area contributed by atoms with E-state index in [-0.39, 0.29) is 17.9 Å². The van der Waals surface area contributed by atoms with E-state index in [4.69, 9.17) is 5.11 Å². The van der Waals surface area contributed by atoms with Crippen LogP contribution in [0.2, 0.25) is 0 Å². The highest BCUT2D eigenvalue weighted by Gasteiger charge is 2.02. The average molecular weight is 281 g/mol. The van der Waals surface area contributed by atoms with E-state index in [1.54, 1.807) is 0 Å². The number of aliphatic imine (C=N–C) groups is 1. The van der Waals surface area contributed by atoms with Crippen molar-refractivity contribution < 1.29 is 5.11 Å². The van der Waals surface area contributed by atoms with E-state index in [1.807, 2.05) is 32.7 Å². The van der Waals surface area contributed by atoms with E-state index in [2.05, 4.69) is 23.1 Å². The van der Waals surface area contributed by atoms with Crippen molar-refractivity contribution in [3.05, 3.63) is 51.3 Å². The Kier molecular flexibility index (Phi) is 11.9. The molecule has 1 aromatic rings. The van der Waals surface area contributed by atoms with Crippen molar-refractivity contribution in [3.63, 3.8) is 0 Å². The van der Waals surface area contributed by atoms with Crippen molar-refractivity contribution in [2.75, 3.05) is 6.61 Å². The van der Waals surface area contributed by atoms with Crippen LogP contribution in [0.3, 0.4) is 0 Å². The van der Waals surface area contributed by atoms with E-state index in [0.29, 0.717) is 5.57 Å². The zero-order valence-corrected chi connectivity index (χ0v) is 12.5. The Morgan fingerprint density at radius 2 is 1.85 bits per heavy atom. The van der Waals surface area contributed by atoms with Gasteiger partial charge in [-0.2, -0.15) is 0 Å². The van der Waals surface area contributed by atoms with Crippen LogP contribution in [0.25, 0.3) is 5.70 Å². The second-order valence-electron chi connectivity index (χ2n) is 3.01. The molecule has 0 aliphatic rings. The SMILES string of the molecule is C=C(C=NC(=C)c1c[nH]c(=O)[nH]c1=O)CO.CC.CC. The van der Waals surface area contributed by atoms with Gasteiger partial charge >= 0.3 is 5.69 Å². The number of aliphatic hydroxyl groups is 1. The summed E-state index contributed by atoms with van der Waals surface area (Å²) in [6.07, 6.45) is 2.52. The third-order valence-corrected chi connectivity index (χ3v) is 1.74. The summed E-state index contributed by atoms with van der Waals surface area (Å²) >= 11 is 0. The fourth-order valence-corrected chi connectivity index (χ4v) is 0.904. The quantitative estimate of drug-likeness (QED) is 0.733. The maximum absolute atomic E-state index is 11.3. The number of nitrogens with one attached hydrogen (secondary N) is 2. The molecule has 0 spiro atoms. The Hall–Kier alpha value is -2.21. The Morgan fingerprint density at radius 1 is 1.30 bits per heavy atom. The molecule has 0 unspecified atom stereocenters. The fraction of sp³-hybridized carbons (Fsp3) is 0.357. The first-order chi connectivity index (χ1) is 9.54. The molecule has 0 saturated carbocycles. The van der Waals surface area contributed by atoms with Crippen LogP contribution in [-0.4, -0.2) is 27.9 Å². The number of nitrogens with zero attached hydrogens (tertiary/aromatic N) is 1. The van der Waals surface area contributed by atoms with Crippen molar-refractivity contribution in [3.8, 4) is 0 Å². The third kappa shape index (κ3) is 7.27. The molecule has 20 heavy (non-hydrogen) atoms. The van der Waals surface area contributed by atoms with Gasteiger partial charge in [0, 0.05) is 12.4 Å². The van der Waals surface area contributed by atoms with Crippen LogP contribution in [0, 0.1) is 0 Å². The van der Waals surface area contributed by atoms with Gasteiger partial charge in [0.2, 0.25) is 0 Å². The smallest absolute Gasteiger partial charge is 0.325 e. The average Bonchev–Trinajstić information content (AvgIpc) is 2.48. The first-order valence-electron chi connectivity index (χ1n) is 6.38. The Balaban J connectivity index is 0. The summed E-state index contributed by atoms with van der Waals surface area (Å²) in [5.41, 5.74) is -0.443. The highest BCUT2D eigenvalue weighted by atomic mass is 16.3. The second-order valence-corrected chi connectivity index (χ2v) is 3.01. The lowest BCUT2D eigenvalue weighted by Crippen LogP contribution is -2.23. The molecule has 0 radical (unpaired) electrons. The molecule has 0 aliphatic heterocycles. The zero-order chi connectivity index (χ0) is 16.1. The molecular formula is C14H23N3O3. The lowest BCUT2D eigenvalue weighted by Gasteiger charge is -1.97. The van der Waals surface area contributed by atoms with Gasteiger partial charge in [-0.15, -0.1) is 0 Å². The number of aromatic amines is 2. The number of H-pyrrole nitrogens is 2. The molecule has 1 heterocycles. The standard InChI is InChI=1S/C10H11N3O3.2C2H6/c1-6(5-14)3-11-7(2)8-4-12-10(16)13-9(8)15;2*1-2/h3-4,14H,1-2,5H2,(H2,12,13,15,16);2*1-2H3. The topological polar surface area (TPSA) is 98.3 Å². The molecule has 0 aliphatic carbocycles. The van der Waals surface area contributed by atoms with Crippen LogP contribution in [0.15, 0.2) is 39.5 Å². The number of hydrogen-bond acceptors (Lipinski definition) is 4. The number of hydrogen-bond donors (Lipinski definition) is 3. The van der Waals surface area contributed by atoms with E-state index in [1.165, 1.54) is 12.4 Å². The highest BCUT2D eigenvalue weighted by Crippen LogP contribution is 2.05. The lowest BCUT2D eigenvalue weighted by atomic mass is 10.2. The fourth-order valence-electron chi connectivity index (χ4n) is 0.904. The third-order valence-electron chi connectivity index (χ3n) is 1.74. The van der Waals surface area contributed by atoms with Crippen molar-refractivity contribution in [1.82, 2.24) is 9.97 Å². The maximum atomic E-state index is 11.3. The van der Waals surface area contributed by atoms with Crippen LogP contribution >= 0.6 is 0 Å². The molecule has 0 amide bonds. The first kappa shape index (κ1) is 20.1. The highest BCUT2D eigenvalue weighted by molar-refractivity contribution is 5.83. The molecule has 1 aromatic heterocycles. The largest absolute Gasteiger partial charge is 0.392 e. The predicted octanol–water partition coefficient (Wildman–Crippen LogP) is 1.71. The molecule has 3 N–H and O–H groups in total. The minimum absolute atomic E-state index is 0.154. The number of aromatic nitrogens is 2. The summed E-state index contributed by atoms with van der Waals surface area (Å²) in [6, 6.07) is 0.